The second kappa shape index (κ2) is 4.51. The molecule has 1 heterocycles. The Balaban J connectivity index is 2.10. The van der Waals surface area contributed by atoms with Gasteiger partial charge in [-0.2, -0.15) is 5.16 Å². The average molecular weight is 254 g/mol. The van der Waals surface area contributed by atoms with E-state index in [0.717, 1.165) is 19.3 Å². The smallest absolute Gasteiger partial charge is 0.408 e. The number of fused-ring (bicyclic) bond motifs is 1. The van der Waals surface area contributed by atoms with Gasteiger partial charge >= 0.3 is 6.09 Å². The van der Waals surface area contributed by atoms with Crippen molar-refractivity contribution in [3.63, 3.8) is 0 Å². The first kappa shape index (κ1) is 12.7. The van der Waals surface area contributed by atoms with Crippen LogP contribution in [0.2, 0.25) is 0 Å². The molecule has 0 fully saturated rings. The number of hydrogen-bond donors (Lipinski definition) is 2. The molecule has 0 bridgehead atoms. The van der Waals surface area contributed by atoms with Gasteiger partial charge in [-0.05, 0) is 33.6 Å². The summed E-state index contributed by atoms with van der Waals surface area (Å²) in [5.74, 6) is 0.632. The topological polar surface area (TPSA) is 84.3 Å². The van der Waals surface area contributed by atoms with Gasteiger partial charge in [0, 0.05) is 6.42 Å². The minimum atomic E-state index is -0.551. The van der Waals surface area contributed by atoms with Gasteiger partial charge in [0.2, 0.25) is 0 Å². The molecular formula is C12H18N2O4. The Kier molecular flexibility index (Phi) is 3.19. The third-order valence-corrected chi connectivity index (χ3v) is 2.75. The lowest BCUT2D eigenvalue weighted by Gasteiger charge is -2.24. The zero-order chi connectivity index (χ0) is 13.3. The number of alkyl carbamates (subject to hydrolysis) is 1. The Morgan fingerprint density at radius 1 is 1.50 bits per heavy atom. The van der Waals surface area contributed by atoms with Crippen LogP contribution >= 0.6 is 0 Å². The van der Waals surface area contributed by atoms with E-state index >= 15 is 0 Å². The molecule has 1 aromatic heterocycles. The van der Waals surface area contributed by atoms with Gasteiger partial charge in [0.1, 0.15) is 11.4 Å². The summed E-state index contributed by atoms with van der Waals surface area (Å²) < 4.78 is 10.2. The molecule has 2 rings (SSSR count). The maximum Gasteiger partial charge on any atom is 0.408 e. The summed E-state index contributed by atoms with van der Waals surface area (Å²) in [7, 11) is 0. The van der Waals surface area contributed by atoms with Gasteiger partial charge in [-0.3, -0.25) is 4.79 Å². The Morgan fingerprint density at radius 2 is 2.22 bits per heavy atom. The number of H-pyrrole nitrogens is 1. The number of carbonyl (C=O) groups excluding carboxylic acids is 1. The largest absolute Gasteiger partial charge is 0.444 e. The third-order valence-electron chi connectivity index (χ3n) is 2.75. The number of aryl methyl sites for hydroxylation is 1. The van der Waals surface area contributed by atoms with E-state index in [0.29, 0.717) is 11.3 Å². The van der Waals surface area contributed by atoms with Crippen LogP contribution in [0.25, 0.3) is 0 Å². The molecule has 0 aromatic carbocycles. The third kappa shape index (κ3) is 2.75. The standard InChI is InChI=1S/C12H18N2O4/c1-12(2,3)17-11(16)13-7-5-4-6-8-9(7)10(15)14-18-8/h7H,4-6H2,1-3H3,(H,13,16)(H,14,15)/t7-/m0/s1. The van der Waals surface area contributed by atoms with Crippen molar-refractivity contribution < 1.29 is 14.1 Å². The van der Waals surface area contributed by atoms with Gasteiger partial charge in [0.05, 0.1) is 11.6 Å². The van der Waals surface area contributed by atoms with E-state index < -0.39 is 11.7 Å². The SMILES string of the molecule is CC(C)(C)OC(=O)N[C@H]1CCCc2o[nH]c(=O)c21. The molecule has 0 unspecified atom stereocenters. The number of aromatic nitrogens is 1. The highest BCUT2D eigenvalue weighted by Crippen LogP contribution is 2.27. The van der Waals surface area contributed by atoms with E-state index in [2.05, 4.69) is 10.5 Å². The first-order valence-corrected chi connectivity index (χ1v) is 6.06. The summed E-state index contributed by atoms with van der Waals surface area (Å²) in [6, 6.07) is -0.328. The van der Waals surface area contributed by atoms with Crippen LogP contribution in [-0.2, 0) is 11.2 Å². The zero-order valence-electron chi connectivity index (χ0n) is 10.8. The van der Waals surface area contributed by atoms with Crippen molar-refractivity contribution in [1.82, 2.24) is 10.5 Å². The average Bonchev–Trinajstić information content (AvgIpc) is 2.58. The van der Waals surface area contributed by atoms with Crippen molar-refractivity contribution in [2.75, 3.05) is 0 Å². The van der Waals surface area contributed by atoms with Crippen LogP contribution in [0.15, 0.2) is 9.32 Å². The maximum atomic E-state index is 11.7. The van der Waals surface area contributed by atoms with Crippen LogP contribution in [0.1, 0.15) is 51.0 Å². The summed E-state index contributed by atoms with van der Waals surface area (Å²) in [6.07, 6.45) is 1.80. The Labute approximate surface area is 105 Å². The molecule has 0 radical (unpaired) electrons. The molecule has 6 heteroatoms. The molecule has 1 amide bonds. The highest BCUT2D eigenvalue weighted by Gasteiger charge is 2.29. The summed E-state index contributed by atoms with van der Waals surface area (Å²) in [5, 5.41) is 5.03. The van der Waals surface area contributed by atoms with Crippen LogP contribution in [0.3, 0.4) is 0 Å². The molecule has 1 atom stereocenters. The molecule has 1 aromatic rings. The Morgan fingerprint density at radius 3 is 2.89 bits per heavy atom. The highest BCUT2D eigenvalue weighted by atomic mass is 16.6. The van der Waals surface area contributed by atoms with E-state index in [1.165, 1.54) is 0 Å². The van der Waals surface area contributed by atoms with Crippen molar-refractivity contribution in [3.8, 4) is 0 Å². The lowest BCUT2D eigenvalue weighted by molar-refractivity contribution is 0.0498. The molecule has 1 aliphatic rings. The van der Waals surface area contributed by atoms with Gasteiger partial charge in [-0.1, -0.05) is 0 Å². The van der Waals surface area contributed by atoms with E-state index in [4.69, 9.17) is 9.26 Å². The number of hydrogen-bond acceptors (Lipinski definition) is 4. The molecule has 0 saturated carbocycles. The number of rotatable bonds is 1. The van der Waals surface area contributed by atoms with Crippen molar-refractivity contribution in [2.24, 2.45) is 0 Å². The van der Waals surface area contributed by atoms with Crippen LogP contribution < -0.4 is 10.9 Å². The number of aromatic amines is 1. The van der Waals surface area contributed by atoms with Crippen molar-refractivity contribution in [3.05, 3.63) is 21.7 Å². The molecule has 0 aliphatic heterocycles. The summed E-state index contributed by atoms with van der Waals surface area (Å²) in [5.41, 5.74) is -0.303. The minimum absolute atomic E-state index is 0.272. The zero-order valence-corrected chi connectivity index (χ0v) is 10.8. The van der Waals surface area contributed by atoms with E-state index in [9.17, 15) is 9.59 Å². The van der Waals surface area contributed by atoms with Gasteiger partial charge in [-0.15, -0.1) is 0 Å². The first-order chi connectivity index (χ1) is 8.37. The maximum absolute atomic E-state index is 11.7. The quantitative estimate of drug-likeness (QED) is 0.801. The predicted molar refractivity (Wildman–Crippen MR) is 64.4 cm³/mol. The molecule has 100 valence electrons. The van der Waals surface area contributed by atoms with Gasteiger partial charge in [-0.25, -0.2) is 4.79 Å². The second-order valence-electron chi connectivity index (χ2n) is 5.46. The lowest BCUT2D eigenvalue weighted by atomic mass is 9.94. The highest BCUT2D eigenvalue weighted by molar-refractivity contribution is 5.68. The normalized spacial score (nSPS) is 19.2. The first-order valence-electron chi connectivity index (χ1n) is 6.06. The number of amides is 1. The molecule has 1 aliphatic carbocycles. The van der Waals surface area contributed by atoms with E-state index in [-0.39, 0.29) is 11.6 Å². The number of nitrogens with one attached hydrogen (secondary N) is 2. The lowest BCUT2D eigenvalue weighted by Crippen LogP contribution is -2.37. The van der Waals surface area contributed by atoms with Crippen molar-refractivity contribution >= 4 is 6.09 Å². The number of ether oxygens (including phenoxy) is 1. The summed E-state index contributed by atoms with van der Waals surface area (Å²) in [4.78, 5) is 23.3. The fourth-order valence-corrected chi connectivity index (χ4v) is 2.09. The molecule has 6 nitrogen and oxygen atoms in total. The van der Waals surface area contributed by atoms with Crippen LogP contribution in [0, 0.1) is 0 Å². The van der Waals surface area contributed by atoms with Crippen LogP contribution in [-0.4, -0.2) is 16.9 Å². The monoisotopic (exact) mass is 254 g/mol. The van der Waals surface area contributed by atoms with Gasteiger partial charge in [0.15, 0.2) is 0 Å². The van der Waals surface area contributed by atoms with Gasteiger partial charge in [0.25, 0.3) is 5.56 Å². The molecular weight excluding hydrogens is 236 g/mol. The minimum Gasteiger partial charge on any atom is -0.444 e. The second-order valence-corrected chi connectivity index (χ2v) is 5.46. The molecule has 18 heavy (non-hydrogen) atoms. The Hall–Kier alpha value is -1.72. The number of carbonyl (C=O) groups is 1. The Bertz CT molecular complexity index is 495. The molecule has 0 saturated heterocycles. The van der Waals surface area contributed by atoms with E-state index in [1.807, 2.05) is 0 Å². The van der Waals surface area contributed by atoms with Gasteiger partial charge < -0.3 is 14.6 Å². The van der Waals surface area contributed by atoms with E-state index in [1.54, 1.807) is 20.8 Å². The van der Waals surface area contributed by atoms with Crippen molar-refractivity contribution in [2.45, 2.75) is 51.7 Å². The van der Waals surface area contributed by atoms with Crippen LogP contribution in [0.5, 0.6) is 0 Å². The summed E-state index contributed by atoms with van der Waals surface area (Å²) >= 11 is 0. The fraction of sp³-hybridized carbons (Fsp3) is 0.667. The molecule has 2 N–H and O–H groups in total. The predicted octanol–water partition coefficient (Wildman–Crippen LogP) is 1.87. The van der Waals surface area contributed by atoms with Crippen LogP contribution in [0.4, 0.5) is 4.79 Å². The van der Waals surface area contributed by atoms with Crippen molar-refractivity contribution in [1.29, 1.82) is 0 Å². The summed E-state index contributed by atoms with van der Waals surface area (Å²) in [6.45, 7) is 5.39. The molecule has 0 spiro atoms. The fourth-order valence-electron chi connectivity index (χ4n) is 2.09.